The summed E-state index contributed by atoms with van der Waals surface area (Å²) >= 11 is 12.7. The maximum Gasteiger partial charge on any atom is 0.335 e. The van der Waals surface area contributed by atoms with Crippen LogP contribution in [0.4, 0.5) is 4.39 Å². The molecule has 6 nitrogen and oxygen atoms in total. The lowest BCUT2D eigenvalue weighted by Crippen LogP contribution is -2.25. The van der Waals surface area contributed by atoms with E-state index in [0.717, 1.165) is 11.1 Å². The number of hydrogen-bond donors (Lipinski definition) is 1. The highest BCUT2D eigenvalue weighted by atomic mass is 35.5. The third kappa shape index (κ3) is 5.17. The van der Waals surface area contributed by atoms with Crippen LogP contribution in [0.2, 0.25) is 10.0 Å². The molecule has 0 radical (unpaired) electrons. The van der Waals surface area contributed by atoms with E-state index in [-0.39, 0.29) is 21.4 Å². The summed E-state index contributed by atoms with van der Waals surface area (Å²) in [4.78, 5) is 11.5. The minimum absolute atomic E-state index is 0.00932. The van der Waals surface area contributed by atoms with Gasteiger partial charge in [0.05, 0.1) is 34.9 Å². The van der Waals surface area contributed by atoms with Crippen LogP contribution < -0.4 is 0 Å². The van der Waals surface area contributed by atoms with E-state index >= 15 is 4.39 Å². The molecule has 0 bridgehead atoms. The number of nitrogens with zero attached hydrogens (tertiary/aromatic N) is 1. The van der Waals surface area contributed by atoms with Crippen LogP contribution in [0.3, 0.4) is 0 Å². The van der Waals surface area contributed by atoms with Crippen LogP contribution in [0.25, 0.3) is 44.4 Å². The SMILES string of the molecule is O=C(O)c1ccc(-c2cccc(-c3c(-c4ccccc4C4COC4)c4cc(F)ccc4n3S(=O)(=O)c3ccc(Cl)cc3)c2)c(Cl)c1. The molecule has 6 aromatic rings. The first-order chi connectivity index (χ1) is 22.1. The molecule has 0 atom stereocenters. The topological polar surface area (TPSA) is 85.6 Å². The van der Waals surface area contributed by atoms with Crippen LogP contribution in [0.5, 0.6) is 0 Å². The molecule has 0 spiro atoms. The smallest absolute Gasteiger partial charge is 0.335 e. The van der Waals surface area contributed by atoms with Gasteiger partial charge in [-0.05, 0) is 77.4 Å². The Kier molecular flexibility index (Phi) is 7.69. The molecule has 7 rings (SSSR count). The number of fused-ring (bicyclic) bond motifs is 1. The molecule has 0 unspecified atom stereocenters. The van der Waals surface area contributed by atoms with Crippen molar-refractivity contribution in [3.63, 3.8) is 0 Å². The molecule has 1 aliphatic heterocycles. The summed E-state index contributed by atoms with van der Waals surface area (Å²) in [5.41, 5.74) is 4.69. The molecular weight excluding hydrogens is 648 g/mol. The Morgan fingerprint density at radius 3 is 2.26 bits per heavy atom. The van der Waals surface area contributed by atoms with Gasteiger partial charge in [-0.25, -0.2) is 21.6 Å². The van der Waals surface area contributed by atoms with Crippen molar-refractivity contribution in [2.75, 3.05) is 13.2 Å². The molecule has 46 heavy (non-hydrogen) atoms. The van der Waals surface area contributed by atoms with E-state index in [1.165, 1.54) is 58.6 Å². The number of aromatic carboxylic acids is 1. The molecule has 10 heteroatoms. The lowest BCUT2D eigenvalue weighted by molar-refractivity contribution is 0.00864. The molecule has 0 amide bonds. The second kappa shape index (κ2) is 11.7. The average molecular weight is 673 g/mol. The number of carbonyl (C=O) groups is 1. The van der Waals surface area contributed by atoms with Gasteiger partial charge in [0.1, 0.15) is 5.82 Å². The molecular formula is C36H24Cl2FNO5S. The van der Waals surface area contributed by atoms with E-state index in [2.05, 4.69) is 0 Å². The predicted molar refractivity (Wildman–Crippen MR) is 178 cm³/mol. The first kappa shape index (κ1) is 30.2. The number of carboxylic acid groups (broad SMARTS) is 1. The van der Waals surface area contributed by atoms with Gasteiger partial charge in [0.2, 0.25) is 0 Å². The molecule has 1 fully saturated rings. The van der Waals surface area contributed by atoms with Crippen LogP contribution in [0.1, 0.15) is 21.8 Å². The molecule has 1 N–H and O–H groups in total. The molecule has 230 valence electrons. The quantitative estimate of drug-likeness (QED) is 0.183. The molecule has 5 aromatic carbocycles. The van der Waals surface area contributed by atoms with Crippen molar-refractivity contribution in [2.45, 2.75) is 10.8 Å². The minimum Gasteiger partial charge on any atom is -0.478 e. The number of aromatic nitrogens is 1. The molecule has 1 saturated heterocycles. The second-order valence-electron chi connectivity index (χ2n) is 11.0. The van der Waals surface area contributed by atoms with Crippen LogP contribution in [0, 0.1) is 5.82 Å². The van der Waals surface area contributed by atoms with E-state index in [0.29, 0.717) is 57.1 Å². The Morgan fingerprint density at radius 1 is 0.826 bits per heavy atom. The minimum atomic E-state index is -4.27. The summed E-state index contributed by atoms with van der Waals surface area (Å²) < 4.78 is 51.0. The highest BCUT2D eigenvalue weighted by Crippen LogP contribution is 2.47. The largest absolute Gasteiger partial charge is 0.478 e. The van der Waals surface area contributed by atoms with Gasteiger partial charge < -0.3 is 9.84 Å². The van der Waals surface area contributed by atoms with Crippen molar-refractivity contribution >= 4 is 50.1 Å². The third-order valence-corrected chi connectivity index (χ3v) is 10.5. The Labute approximate surface area is 274 Å². The number of carboxylic acids is 1. The summed E-state index contributed by atoms with van der Waals surface area (Å²) in [6, 6.07) is 29.3. The first-order valence-corrected chi connectivity index (χ1v) is 16.5. The van der Waals surface area contributed by atoms with Gasteiger partial charge in [0.25, 0.3) is 10.0 Å². The Hall–Kier alpha value is -4.47. The van der Waals surface area contributed by atoms with Gasteiger partial charge in [-0.15, -0.1) is 0 Å². The zero-order chi connectivity index (χ0) is 32.2. The number of rotatable bonds is 7. The lowest BCUT2D eigenvalue weighted by Gasteiger charge is -2.28. The maximum atomic E-state index is 15.0. The summed E-state index contributed by atoms with van der Waals surface area (Å²) in [6.07, 6.45) is 0. The lowest BCUT2D eigenvalue weighted by atomic mass is 9.87. The van der Waals surface area contributed by atoms with E-state index in [9.17, 15) is 18.3 Å². The first-order valence-electron chi connectivity index (χ1n) is 14.3. The summed E-state index contributed by atoms with van der Waals surface area (Å²) in [7, 11) is -4.27. The van der Waals surface area contributed by atoms with Crippen molar-refractivity contribution in [3.05, 3.63) is 136 Å². The number of halogens is 3. The van der Waals surface area contributed by atoms with Crippen molar-refractivity contribution in [2.24, 2.45) is 0 Å². The summed E-state index contributed by atoms with van der Waals surface area (Å²) in [6.45, 7) is 1.03. The Balaban J connectivity index is 1.58. The monoisotopic (exact) mass is 671 g/mol. The van der Waals surface area contributed by atoms with Gasteiger partial charge in [-0.3, -0.25) is 0 Å². The van der Waals surface area contributed by atoms with Gasteiger partial charge in [-0.1, -0.05) is 71.7 Å². The standard InChI is InChI=1S/C36H24Cl2FNO5S/c37-25-9-12-27(13-10-25)46(43,44)40-33-15-11-26(39)18-31(33)34(30-7-2-1-6-28(30)24-19-45-20-24)35(40)22-5-3-4-21(16-22)29-14-8-23(36(41)42)17-32(29)38/h1-18,24H,19-20H2,(H,41,42). The Morgan fingerprint density at radius 2 is 1.57 bits per heavy atom. The van der Waals surface area contributed by atoms with E-state index in [1.54, 1.807) is 24.3 Å². The van der Waals surface area contributed by atoms with Crippen LogP contribution >= 0.6 is 23.2 Å². The van der Waals surface area contributed by atoms with Crippen molar-refractivity contribution in [3.8, 4) is 33.5 Å². The average Bonchev–Trinajstić information content (AvgIpc) is 3.35. The fourth-order valence-electron chi connectivity index (χ4n) is 5.94. The number of ether oxygens (including phenoxy) is 1. The fraction of sp³-hybridized carbons (Fsp3) is 0.0833. The van der Waals surface area contributed by atoms with E-state index in [1.807, 2.05) is 30.3 Å². The van der Waals surface area contributed by atoms with Crippen molar-refractivity contribution < 1.29 is 27.4 Å². The predicted octanol–water partition coefficient (Wildman–Crippen LogP) is 9.14. The van der Waals surface area contributed by atoms with Gasteiger partial charge >= 0.3 is 5.97 Å². The maximum absolute atomic E-state index is 15.0. The third-order valence-electron chi connectivity index (χ3n) is 8.21. The zero-order valence-electron chi connectivity index (χ0n) is 24.0. The molecule has 0 saturated carbocycles. The van der Waals surface area contributed by atoms with Crippen LogP contribution in [-0.2, 0) is 14.8 Å². The highest BCUT2D eigenvalue weighted by Gasteiger charge is 2.32. The number of hydrogen-bond acceptors (Lipinski definition) is 4. The molecule has 1 aliphatic rings. The van der Waals surface area contributed by atoms with Crippen LogP contribution in [-0.4, -0.2) is 36.7 Å². The van der Waals surface area contributed by atoms with E-state index < -0.39 is 21.8 Å². The van der Waals surface area contributed by atoms with Crippen LogP contribution in [0.15, 0.2) is 114 Å². The summed E-state index contributed by atoms with van der Waals surface area (Å²) in [5.74, 6) is -1.53. The van der Waals surface area contributed by atoms with Crippen molar-refractivity contribution in [1.82, 2.24) is 3.97 Å². The molecule has 0 aliphatic carbocycles. The van der Waals surface area contributed by atoms with Gasteiger partial charge in [0.15, 0.2) is 0 Å². The highest BCUT2D eigenvalue weighted by molar-refractivity contribution is 7.90. The summed E-state index contributed by atoms with van der Waals surface area (Å²) in [5, 5.41) is 10.5. The Bertz CT molecular complexity index is 2280. The molecule has 1 aromatic heterocycles. The molecule has 2 heterocycles. The number of benzene rings is 5. The second-order valence-corrected chi connectivity index (χ2v) is 13.6. The van der Waals surface area contributed by atoms with Crippen molar-refractivity contribution in [1.29, 1.82) is 0 Å². The normalized spacial score (nSPS) is 13.5. The van der Waals surface area contributed by atoms with Gasteiger partial charge in [0, 0.05) is 38.0 Å². The van der Waals surface area contributed by atoms with E-state index in [4.69, 9.17) is 27.9 Å². The zero-order valence-corrected chi connectivity index (χ0v) is 26.3. The fourth-order valence-corrected chi connectivity index (χ4v) is 7.90. The van der Waals surface area contributed by atoms with Gasteiger partial charge in [-0.2, -0.15) is 0 Å².